The van der Waals surface area contributed by atoms with Gasteiger partial charge in [-0.3, -0.25) is 0 Å². The zero-order valence-corrected chi connectivity index (χ0v) is 15.3. The summed E-state index contributed by atoms with van der Waals surface area (Å²) in [6, 6.07) is 0. The van der Waals surface area contributed by atoms with Crippen LogP contribution in [0.25, 0.3) is 0 Å². The third-order valence-corrected chi connectivity index (χ3v) is 0. The fourth-order valence-corrected chi connectivity index (χ4v) is 0. The van der Waals surface area contributed by atoms with Crippen LogP contribution >= 0.6 is 46.0 Å². The Morgan fingerprint density at radius 2 is 1.29 bits per heavy atom. The SMILES string of the molecule is IOI.[BiH3].[Co].[O]=[Ag]. The monoisotopic (exact) mass is 664 g/mol. The minimum atomic E-state index is 0. The molecule has 0 aromatic carbocycles. The fraction of sp³-hybridized carbons (Fsp3) is 0. The summed E-state index contributed by atoms with van der Waals surface area (Å²) in [6.45, 7) is 0. The van der Waals surface area contributed by atoms with E-state index < -0.39 is 0 Å². The van der Waals surface area contributed by atoms with E-state index in [1.54, 1.807) is 67.1 Å². The second-order valence-electron chi connectivity index (χ2n) is 0.0583. The Hall–Kier alpha value is 3.35. The molecule has 0 aliphatic carbocycles. The van der Waals surface area contributed by atoms with E-state index >= 15 is 0 Å². The Morgan fingerprint density at radius 3 is 1.29 bits per heavy atom. The molecule has 0 N–H and O–H groups in total. The molecule has 0 aliphatic heterocycles. The Balaban J connectivity index is -0.0000000105. The van der Waals surface area contributed by atoms with Crippen LogP contribution in [0.15, 0.2) is 0 Å². The van der Waals surface area contributed by atoms with Crippen molar-refractivity contribution in [1.29, 1.82) is 0 Å². The summed E-state index contributed by atoms with van der Waals surface area (Å²) in [5.41, 5.74) is 0. The molecule has 0 amide bonds. The molecule has 0 unspecified atom stereocenters. The molecule has 0 rings (SSSR count). The zero-order chi connectivity index (χ0) is 4.71. The Kier molecular flexibility index (Phi) is 110. The van der Waals surface area contributed by atoms with Gasteiger partial charge in [0, 0.05) is 16.8 Å². The Morgan fingerprint density at radius 1 is 1.29 bits per heavy atom. The summed E-state index contributed by atoms with van der Waals surface area (Å²) in [7, 11) is 0. The van der Waals surface area contributed by atoms with Crippen molar-refractivity contribution in [2.75, 3.05) is 0 Å². The van der Waals surface area contributed by atoms with E-state index in [2.05, 4.69) is 1.40 Å². The van der Waals surface area contributed by atoms with Gasteiger partial charge < -0.3 is 0 Å². The van der Waals surface area contributed by atoms with Crippen molar-refractivity contribution in [2.45, 2.75) is 0 Å². The normalized spacial score (nSPS) is 3.43. The molecule has 0 aromatic rings. The first-order valence-electron chi connectivity index (χ1n) is 0.432. The summed E-state index contributed by atoms with van der Waals surface area (Å²) < 4.78 is 12.2. The van der Waals surface area contributed by atoms with Crippen molar-refractivity contribution in [3.63, 3.8) is 0 Å². The van der Waals surface area contributed by atoms with E-state index in [1.807, 2.05) is 0 Å². The molecule has 7 heteroatoms. The summed E-state index contributed by atoms with van der Waals surface area (Å²) in [4.78, 5) is 0. The van der Waals surface area contributed by atoms with Crippen LogP contribution in [0.4, 0.5) is 0 Å². The van der Waals surface area contributed by atoms with Crippen LogP contribution in [0.3, 0.4) is 0 Å². The van der Waals surface area contributed by atoms with Crippen LogP contribution in [0.5, 0.6) is 0 Å². The standard InChI is InChI=1S/Ag.Bi.Co.I2O.O.3H/c;;;1-3-2;;;;. The van der Waals surface area contributed by atoms with Crippen molar-refractivity contribution < 1.29 is 42.5 Å². The Labute approximate surface area is 112 Å². The van der Waals surface area contributed by atoms with Crippen LogP contribution in [0.1, 0.15) is 0 Å². The quantitative estimate of drug-likeness (QED) is 0.277. The van der Waals surface area contributed by atoms with Crippen molar-refractivity contribution in [3.05, 3.63) is 0 Å². The van der Waals surface area contributed by atoms with Gasteiger partial charge in [-0.05, 0) is 0 Å². The maximum absolute atomic E-state index is 8.06. The first-order chi connectivity index (χ1) is 2.41. The van der Waals surface area contributed by atoms with Gasteiger partial charge in [-0.1, -0.05) is 0 Å². The number of hydrogen-bond donors (Lipinski definition) is 0. The average molecular weight is 665 g/mol. The molecule has 2 nitrogen and oxygen atoms in total. The molecular weight excluding hydrogens is 662 g/mol. The molecule has 0 spiro atoms. The molecule has 0 heterocycles. The summed E-state index contributed by atoms with van der Waals surface area (Å²) in [5.74, 6) is 0. The molecule has 0 bridgehead atoms. The van der Waals surface area contributed by atoms with E-state index in [0.29, 0.717) is 0 Å². The molecule has 0 saturated carbocycles. The molecule has 7 heavy (non-hydrogen) atoms. The van der Waals surface area contributed by atoms with Crippen LogP contribution in [0.2, 0.25) is 0 Å². The van der Waals surface area contributed by atoms with Crippen molar-refractivity contribution in [1.82, 2.24) is 0 Å². The van der Waals surface area contributed by atoms with E-state index in [9.17, 15) is 0 Å². The number of rotatable bonds is 0. The Bertz CT molecular complexity index is 19.7. The third kappa shape index (κ3) is 45.0. The second-order valence-corrected chi connectivity index (χ2v) is 2.62. The minimum absolute atomic E-state index is 0. The molecular formula is H3AgBiCoI2O2. The molecule has 0 fully saturated rings. The topological polar surface area (TPSA) is 26.3 Å². The van der Waals surface area contributed by atoms with Crippen LogP contribution in [-0.4, -0.2) is 26.2 Å². The third-order valence-electron chi connectivity index (χ3n) is 0. The summed E-state index contributed by atoms with van der Waals surface area (Å²) in [5, 5.41) is 0. The summed E-state index contributed by atoms with van der Waals surface area (Å²) in [6.07, 6.45) is 0. The maximum atomic E-state index is 8.06. The van der Waals surface area contributed by atoms with Crippen LogP contribution < -0.4 is 0 Å². The van der Waals surface area contributed by atoms with Crippen LogP contribution in [-0.2, 0) is 42.5 Å². The number of halogens is 2. The molecule has 0 aromatic heterocycles. The summed E-state index contributed by atoms with van der Waals surface area (Å²) >= 11 is 5.25. The van der Waals surface area contributed by atoms with Gasteiger partial charge in [-0.2, -0.15) is 0 Å². The van der Waals surface area contributed by atoms with Gasteiger partial charge in [0.05, 0.1) is 0 Å². The fourth-order valence-electron chi connectivity index (χ4n) is 0. The van der Waals surface area contributed by atoms with Crippen LogP contribution in [0, 0.1) is 0 Å². The second kappa shape index (κ2) is 34.5. The number of hydrogen-bond acceptors (Lipinski definition) is 2. The van der Waals surface area contributed by atoms with Crippen molar-refractivity contribution in [2.24, 2.45) is 0 Å². The van der Waals surface area contributed by atoms with E-state index in [1.165, 1.54) is 0 Å². The van der Waals surface area contributed by atoms with E-state index in [4.69, 9.17) is 3.25 Å². The van der Waals surface area contributed by atoms with Gasteiger partial charge in [-0.15, -0.1) is 0 Å². The van der Waals surface area contributed by atoms with Crippen molar-refractivity contribution >= 4 is 72.2 Å². The van der Waals surface area contributed by atoms with Gasteiger partial charge >= 0.3 is 50.5 Å². The van der Waals surface area contributed by atoms with Gasteiger partial charge in [0.15, 0.2) is 0 Å². The van der Waals surface area contributed by atoms with E-state index in [-0.39, 0.29) is 43.0 Å². The van der Waals surface area contributed by atoms with Gasteiger partial charge in [0.1, 0.15) is 46.0 Å². The predicted molar refractivity (Wildman–Crippen MR) is 39.8 cm³/mol. The first kappa shape index (κ1) is 22.4. The first-order valence-corrected chi connectivity index (χ1v) is 2.80. The van der Waals surface area contributed by atoms with E-state index in [0.717, 1.165) is 0 Å². The van der Waals surface area contributed by atoms with Crippen molar-refractivity contribution in [3.8, 4) is 0 Å². The molecule has 0 saturated heterocycles. The zero-order valence-electron chi connectivity index (χ0n) is 2.91. The molecule has 1 radical (unpaired) electrons. The molecule has 0 atom stereocenters. The molecule has 0 aliphatic rings. The van der Waals surface area contributed by atoms with Gasteiger partial charge in [0.2, 0.25) is 0 Å². The van der Waals surface area contributed by atoms with Gasteiger partial charge in [-0.25, -0.2) is 1.40 Å². The van der Waals surface area contributed by atoms with Gasteiger partial charge in [0.25, 0.3) is 0 Å². The average Bonchev–Trinajstić information content (AvgIpc) is 1.46. The molecule has 54 valence electrons. The predicted octanol–water partition coefficient (Wildman–Crippen LogP) is 0.395.